The molecule has 0 aliphatic rings. The Morgan fingerprint density at radius 1 is 1.20 bits per heavy atom. The van der Waals surface area contributed by atoms with Crippen molar-refractivity contribution in [1.29, 1.82) is 0 Å². The van der Waals surface area contributed by atoms with Crippen LogP contribution in [0.1, 0.15) is 5.56 Å². The summed E-state index contributed by atoms with van der Waals surface area (Å²) in [4.78, 5) is 4.30. The number of nitrogens with zero attached hydrogens (tertiary/aromatic N) is 1. The minimum absolute atomic E-state index is 0.0593. The number of oxazole rings is 1. The number of sulfone groups is 1. The van der Waals surface area contributed by atoms with E-state index in [1.54, 1.807) is 43.5 Å². The van der Waals surface area contributed by atoms with E-state index in [1.807, 2.05) is 6.92 Å². The Labute approximate surface area is 145 Å². The van der Waals surface area contributed by atoms with Crippen LogP contribution in [0.2, 0.25) is 0 Å². The first kappa shape index (κ1) is 17.2. The van der Waals surface area contributed by atoms with Crippen molar-refractivity contribution in [2.24, 2.45) is 0 Å². The Balaban J connectivity index is 2.04. The summed E-state index contributed by atoms with van der Waals surface area (Å²) in [6, 6.07) is 9.88. The SMILES string of the molecule is COCCNc1oc(-c2ccco2)nc1S(=O)(=O)c1ccc(C)cc1. The van der Waals surface area contributed by atoms with Crippen molar-refractivity contribution in [2.45, 2.75) is 16.8 Å². The highest BCUT2D eigenvalue weighted by Gasteiger charge is 2.29. The number of aromatic nitrogens is 1. The van der Waals surface area contributed by atoms with Gasteiger partial charge in [-0.1, -0.05) is 17.7 Å². The number of nitrogens with one attached hydrogen (secondary N) is 1. The summed E-state index contributed by atoms with van der Waals surface area (Å²) in [7, 11) is -2.29. The van der Waals surface area contributed by atoms with Gasteiger partial charge in [-0.05, 0) is 31.2 Å². The van der Waals surface area contributed by atoms with Crippen LogP contribution in [0.4, 0.5) is 5.88 Å². The molecule has 0 aliphatic heterocycles. The van der Waals surface area contributed by atoms with Gasteiger partial charge in [0.1, 0.15) is 0 Å². The Morgan fingerprint density at radius 3 is 2.60 bits per heavy atom. The molecule has 0 atom stereocenters. The second-order valence-electron chi connectivity index (χ2n) is 5.37. The van der Waals surface area contributed by atoms with E-state index >= 15 is 0 Å². The quantitative estimate of drug-likeness (QED) is 0.645. The Kier molecular flexibility index (Phi) is 4.91. The van der Waals surface area contributed by atoms with E-state index in [9.17, 15) is 8.42 Å². The molecule has 1 aromatic carbocycles. The van der Waals surface area contributed by atoms with Gasteiger partial charge in [0, 0.05) is 13.7 Å². The molecule has 1 N–H and O–H groups in total. The van der Waals surface area contributed by atoms with E-state index in [0.717, 1.165) is 5.56 Å². The lowest BCUT2D eigenvalue weighted by molar-refractivity contribution is 0.210. The standard InChI is InChI=1S/C17H18N2O5S/c1-12-5-7-13(8-6-12)25(20,21)17-16(18-9-11-22-2)24-15(19-17)14-4-3-10-23-14/h3-8,10,18H,9,11H2,1-2H3. The molecule has 0 unspecified atom stereocenters. The van der Waals surface area contributed by atoms with Gasteiger partial charge in [-0.2, -0.15) is 4.98 Å². The summed E-state index contributed by atoms with van der Waals surface area (Å²) >= 11 is 0. The first-order chi connectivity index (χ1) is 12.0. The number of benzene rings is 1. The monoisotopic (exact) mass is 362 g/mol. The molecule has 7 nitrogen and oxygen atoms in total. The van der Waals surface area contributed by atoms with Crippen molar-refractivity contribution in [1.82, 2.24) is 4.98 Å². The molecule has 0 saturated heterocycles. The lowest BCUT2D eigenvalue weighted by atomic mass is 10.2. The first-order valence-corrected chi connectivity index (χ1v) is 9.10. The van der Waals surface area contributed by atoms with E-state index in [2.05, 4.69) is 10.3 Å². The van der Waals surface area contributed by atoms with Crippen LogP contribution >= 0.6 is 0 Å². The van der Waals surface area contributed by atoms with Crippen LogP contribution in [0.25, 0.3) is 11.7 Å². The maximum atomic E-state index is 13.0. The Morgan fingerprint density at radius 2 is 1.96 bits per heavy atom. The van der Waals surface area contributed by atoms with Crippen molar-refractivity contribution >= 4 is 15.7 Å². The lowest BCUT2D eigenvalue weighted by Crippen LogP contribution is -2.11. The molecule has 0 bridgehead atoms. The van der Waals surface area contributed by atoms with Crippen LogP contribution in [0.5, 0.6) is 0 Å². The van der Waals surface area contributed by atoms with Crippen molar-refractivity contribution in [3.8, 4) is 11.7 Å². The third-order valence-corrected chi connectivity index (χ3v) is 5.18. The number of anilines is 1. The highest BCUT2D eigenvalue weighted by molar-refractivity contribution is 7.91. The van der Waals surface area contributed by atoms with Crippen LogP contribution in [0, 0.1) is 6.92 Å². The van der Waals surface area contributed by atoms with Gasteiger partial charge in [-0.25, -0.2) is 8.42 Å². The second-order valence-corrected chi connectivity index (χ2v) is 7.23. The predicted octanol–water partition coefficient (Wildman–Crippen LogP) is 3.13. The highest BCUT2D eigenvalue weighted by Crippen LogP contribution is 2.32. The zero-order chi connectivity index (χ0) is 17.9. The van der Waals surface area contributed by atoms with Crippen LogP contribution in [-0.4, -0.2) is 33.7 Å². The number of aryl methyl sites for hydroxylation is 1. The molecule has 3 rings (SSSR count). The van der Waals surface area contributed by atoms with Gasteiger partial charge in [-0.15, -0.1) is 0 Å². The minimum Gasteiger partial charge on any atom is -0.459 e. The summed E-state index contributed by atoms with van der Waals surface area (Å²) in [6.45, 7) is 2.65. The van der Waals surface area contributed by atoms with Crippen LogP contribution in [0.3, 0.4) is 0 Å². The maximum Gasteiger partial charge on any atom is 0.266 e. The maximum absolute atomic E-state index is 13.0. The zero-order valence-corrected chi connectivity index (χ0v) is 14.7. The molecule has 0 amide bonds. The number of furan rings is 1. The van der Waals surface area contributed by atoms with Crippen LogP contribution in [-0.2, 0) is 14.6 Å². The molecule has 2 aromatic heterocycles. The molecule has 8 heteroatoms. The molecule has 0 aliphatic carbocycles. The number of rotatable bonds is 7. The summed E-state index contributed by atoms with van der Waals surface area (Å²) in [6.07, 6.45) is 1.46. The second kappa shape index (κ2) is 7.12. The number of hydrogen-bond acceptors (Lipinski definition) is 7. The van der Waals surface area contributed by atoms with Gasteiger partial charge in [0.2, 0.25) is 20.7 Å². The molecule has 3 aromatic rings. The first-order valence-electron chi connectivity index (χ1n) is 7.61. The number of hydrogen-bond donors (Lipinski definition) is 1. The molecule has 0 fully saturated rings. The van der Waals surface area contributed by atoms with E-state index in [4.69, 9.17) is 13.6 Å². The van der Waals surface area contributed by atoms with Crippen molar-refractivity contribution in [2.75, 3.05) is 25.6 Å². The average molecular weight is 362 g/mol. The zero-order valence-electron chi connectivity index (χ0n) is 13.9. The molecule has 0 spiro atoms. The van der Waals surface area contributed by atoms with Crippen LogP contribution in [0.15, 0.2) is 61.4 Å². The molecule has 132 valence electrons. The summed E-state index contributed by atoms with van der Waals surface area (Å²) in [5.74, 6) is 0.500. The topological polar surface area (TPSA) is 94.6 Å². The smallest absolute Gasteiger partial charge is 0.266 e. The van der Waals surface area contributed by atoms with Gasteiger partial charge < -0.3 is 18.9 Å². The normalized spacial score (nSPS) is 11.6. The third kappa shape index (κ3) is 3.59. The van der Waals surface area contributed by atoms with Gasteiger partial charge in [0.25, 0.3) is 5.89 Å². The third-order valence-electron chi connectivity index (χ3n) is 3.51. The molecule has 0 radical (unpaired) electrons. The fourth-order valence-corrected chi connectivity index (χ4v) is 3.48. The van der Waals surface area contributed by atoms with E-state index in [0.29, 0.717) is 18.9 Å². The average Bonchev–Trinajstić information content (AvgIpc) is 3.25. The lowest BCUT2D eigenvalue weighted by Gasteiger charge is -2.05. The Hall–Kier alpha value is -2.58. The fraction of sp³-hybridized carbons (Fsp3) is 0.235. The number of methoxy groups -OCH3 is 1. The fourth-order valence-electron chi connectivity index (χ4n) is 2.20. The molecule has 25 heavy (non-hydrogen) atoms. The van der Waals surface area contributed by atoms with Gasteiger partial charge >= 0.3 is 0 Å². The van der Waals surface area contributed by atoms with Crippen molar-refractivity contribution in [3.63, 3.8) is 0 Å². The Bertz CT molecular complexity index is 928. The molecule has 0 saturated carbocycles. The highest BCUT2D eigenvalue weighted by atomic mass is 32.2. The van der Waals surface area contributed by atoms with Crippen LogP contribution < -0.4 is 5.32 Å². The summed E-state index contributed by atoms with van der Waals surface area (Å²) < 4.78 is 41.7. The number of ether oxygens (including phenoxy) is 1. The van der Waals surface area contributed by atoms with Gasteiger partial charge in [0.15, 0.2) is 5.76 Å². The largest absolute Gasteiger partial charge is 0.459 e. The minimum atomic E-state index is -3.84. The predicted molar refractivity (Wildman–Crippen MR) is 91.2 cm³/mol. The van der Waals surface area contributed by atoms with Crippen molar-refractivity contribution < 1.29 is 22.0 Å². The molecular weight excluding hydrogens is 344 g/mol. The van der Waals surface area contributed by atoms with E-state index in [1.165, 1.54) is 6.26 Å². The summed E-state index contributed by atoms with van der Waals surface area (Å²) in [5, 5.41) is 2.73. The molecule has 2 heterocycles. The van der Waals surface area contributed by atoms with Gasteiger partial charge in [-0.3, -0.25) is 0 Å². The van der Waals surface area contributed by atoms with E-state index < -0.39 is 9.84 Å². The summed E-state index contributed by atoms with van der Waals surface area (Å²) in [5.41, 5.74) is 0.967. The van der Waals surface area contributed by atoms with E-state index in [-0.39, 0.29) is 21.7 Å². The van der Waals surface area contributed by atoms with Crippen molar-refractivity contribution in [3.05, 3.63) is 48.2 Å². The molecular formula is C17H18N2O5S. The van der Waals surface area contributed by atoms with Gasteiger partial charge in [0.05, 0.1) is 17.8 Å².